The first-order valence-electron chi connectivity index (χ1n) is 13.2. The number of ether oxygens (including phenoxy) is 3. The lowest BCUT2D eigenvalue weighted by Crippen LogP contribution is -2.63. The number of benzene rings is 2. The lowest BCUT2D eigenvalue weighted by molar-refractivity contribution is -0.291. The highest BCUT2D eigenvalue weighted by atomic mass is 33.1. The molecule has 9 N–H and O–H groups in total. The molecule has 12 nitrogen and oxygen atoms in total. The number of aliphatic hydroxyl groups is 6. The highest BCUT2D eigenvalue weighted by Crippen LogP contribution is 2.45. The van der Waals surface area contributed by atoms with Crippen molar-refractivity contribution in [2.24, 2.45) is 11.7 Å². The van der Waals surface area contributed by atoms with E-state index in [2.05, 4.69) is 0 Å². The number of carbonyl (C=O) groups is 1. The van der Waals surface area contributed by atoms with Gasteiger partial charge in [0.15, 0.2) is 5.78 Å². The summed E-state index contributed by atoms with van der Waals surface area (Å²) in [6, 6.07) is 2.95. The van der Waals surface area contributed by atoms with Crippen LogP contribution in [-0.4, -0.2) is 110 Å². The molecular weight excluding hydrogens is 578 g/mol. The Labute approximate surface area is 244 Å². The molecule has 1 fully saturated rings. The van der Waals surface area contributed by atoms with Crippen molar-refractivity contribution in [2.45, 2.75) is 68.4 Å². The second-order valence-electron chi connectivity index (χ2n) is 10.3. The number of rotatable bonds is 5. The van der Waals surface area contributed by atoms with Gasteiger partial charge in [0.05, 0.1) is 37.4 Å². The van der Waals surface area contributed by atoms with Crippen LogP contribution in [0.15, 0.2) is 12.1 Å². The first kappa shape index (κ1) is 32.1. The van der Waals surface area contributed by atoms with Crippen molar-refractivity contribution in [2.75, 3.05) is 26.0 Å². The van der Waals surface area contributed by atoms with Gasteiger partial charge in [-0.3, -0.25) is 4.79 Å². The summed E-state index contributed by atoms with van der Waals surface area (Å²) >= 11 is 0. The Kier molecular flexibility index (Phi) is 10.7. The van der Waals surface area contributed by atoms with Gasteiger partial charge in [-0.25, -0.2) is 0 Å². The molecule has 4 bridgehead atoms. The zero-order valence-corrected chi connectivity index (χ0v) is 24.3. The van der Waals surface area contributed by atoms with E-state index < -0.39 is 66.1 Å². The lowest BCUT2D eigenvalue weighted by Gasteiger charge is -2.43. The summed E-state index contributed by atoms with van der Waals surface area (Å²) in [5.74, 6) is -0.996. The number of carbonyl (C=O) groups excluding carboxylic acids is 1. The number of aromatic hydroxyl groups is 1. The second-order valence-corrected chi connectivity index (χ2v) is 13.0. The Balaban J connectivity index is 1.93. The molecule has 2 aromatic rings. The molecule has 0 amide bonds. The maximum absolute atomic E-state index is 13.5. The summed E-state index contributed by atoms with van der Waals surface area (Å²) in [4.78, 5) is 13.5. The van der Waals surface area contributed by atoms with Gasteiger partial charge in [-0.15, -0.1) is 0 Å². The van der Waals surface area contributed by atoms with E-state index in [1.807, 2.05) is 0 Å². The van der Waals surface area contributed by atoms with Crippen LogP contribution in [0, 0.1) is 12.8 Å². The summed E-state index contributed by atoms with van der Waals surface area (Å²) < 4.78 is 17.3. The number of phenolic OH excluding ortho intramolecular Hbond substituents is 1. The standard InChI is InChI=1S/C27H37NO11S2/c1-11-5-14-15(9-30)17(37-2)7-18-20(14)22(33)19(11)16(31)6-13(8-29)41-40-10-12(3-4-28)21(32)26-24(35)23(34)25(36)27(38-18)39-26/h5,7,12-13,21,23-27,29-30,32-36H,3-4,6,8-10,28H2,1-2H3/t12-,13+,21-,23-,24-,25+,26-,27-/m0/s1. The maximum atomic E-state index is 13.5. The van der Waals surface area contributed by atoms with Crippen molar-refractivity contribution in [3.05, 3.63) is 28.8 Å². The molecule has 0 radical (unpaired) electrons. The summed E-state index contributed by atoms with van der Waals surface area (Å²) in [5, 5.41) is 74.9. The van der Waals surface area contributed by atoms with E-state index in [0.717, 1.165) is 0 Å². The molecule has 4 rings (SSSR count). The molecule has 2 heterocycles. The molecular formula is C27H37NO11S2. The predicted molar refractivity (Wildman–Crippen MR) is 153 cm³/mol. The Morgan fingerprint density at radius 1 is 1.10 bits per heavy atom. The number of fused-ring (bicyclic) bond motifs is 3. The molecule has 0 aliphatic carbocycles. The van der Waals surface area contributed by atoms with E-state index >= 15 is 0 Å². The number of Topliss-reactive ketones (excluding diaryl/α,β-unsaturated/α-hetero) is 1. The van der Waals surface area contributed by atoms with E-state index in [4.69, 9.17) is 19.9 Å². The van der Waals surface area contributed by atoms with Gasteiger partial charge in [-0.1, -0.05) is 21.6 Å². The predicted octanol–water partition coefficient (Wildman–Crippen LogP) is 0.196. The van der Waals surface area contributed by atoms with Crippen LogP contribution < -0.4 is 15.2 Å². The minimum absolute atomic E-state index is 0.00225. The fourth-order valence-electron chi connectivity index (χ4n) is 5.36. The van der Waals surface area contributed by atoms with E-state index in [1.165, 1.54) is 34.8 Å². The van der Waals surface area contributed by atoms with Crippen LogP contribution in [-0.2, 0) is 11.3 Å². The number of phenols is 1. The van der Waals surface area contributed by atoms with Crippen LogP contribution in [0.5, 0.6) is 17.2 Å². The second kappa shape index (κ2) is 13.6. The lowest BCUT2D eigenvalue weighted by atomic mass is 9.88. The molecule has 0 aromatic heterocycles. The molecule has 2 aliphatic rings. The number of aryl methyl sites for hydroxylation is 1. The number of nitrogens with two attached hydrogens (primary N) is 1. The molecule has 1 saturated heterocycles. The van der Waals surface area contributed by atoms with E-state index in [-0.39, 0.29) is 42.0 Å². The Hall–Kier alpha value is -1.85. The normalized spacial score (nSPS) is 31.3. The van der Waals surface area contributed by atoms with Crippen LogP contribution >= 0.6 is 21.6 Å². The van der Waals surface area contributed by atoms with E-state index in [0.29, 0.717) is 28.7 Å². The third-order valence-corrected chi connectivity index (χ3v) is 10.5. The highest BCUT2D eigenvalue weighted by molar-refractivity contribution is 8.76. The van der Waals surface area contributed by atoms with Crippen LogP contribution in [0.1, 0.15) is 34.3 Å². The van der Waals surface area contributed by atoms with Crippen molar-refractivity contribution < 1.29 is 54.8 Å². The molecule has 2 aliphatic heterocycles. The quantitative estimate of drug-likeness (QED) is 0.211. The zero-order chi connectivity index (χ0) is 30.0. The van der Waals surface area contributed by atoms with Gasteiger partial charge in [0.1, 0.15) is 41.7 Å². The number of methoxy groups -OCH3 is 1. The third kappa shape index (κ3) is 6.27. The number of ketones is 1. The Morgan fingerprint density at radius 3 is 2.46 bits per heavy atom. The number of hydrogen-bond donors (Lipinski definition) is 8. The molecule has 0 saturated carbocycles. The van der Waals surface area contributed by atoms with E-state index in [9.17, 15) is 40.5 Å². The molecule has 0 spiro atoms. The molecule has 41 heavy (non-hydrogen) atoms. The van der Waals surface area contributed by atoms with Crippen molar-refractivity contribution in [1.29, 1.82) is 0 Å². The Morgan fingerprint density at radius 2 is 1.83 bits per heavy atom. The van der Waals surface area contributed by atoms with Crippen molar-refractivity contribution in [3.63, 3.8) is 0 Å². The van der Waals surface area contributed by atoms with Gasteiger partial charge in [-0.05, 0) is 42.8 Å². The third-order valence-electron chi connectivity index (χ3n) is 7.60. The zero-order valence-electron chi connectivity index (χ0n) is 22.7. The molecule has 2 aromatic carbocycles. The molecule has 8 atom stereocenters. The summed E-state index contributed by atoms with van der Waals surface area (Å²) in [5.41, 5.74) is 6.51. The highest BCUT2D eigenvalue weighted by Gasteiger charge is 2.49. The molecule has 228 valence electrons. The fourth-order valence-corrected chi connectivity index (χ4v) is 8.18. The summed E-state index contributed by atoms with van der Waals surface area (Å²) in [6.07, 6.45) is -9.27. The van der Waals surface area contributed by atoms with Gasteiger partial charge >= 0.3 is 0 Å². The van der Waals surface area contributed by atoms with Crippen LogP contribution in [0.3, 0.4) is 0 Å². The first-order chi connectivity index (χ1) is 19.6. The summed E-state index contributed by atoms with van der Waals surface area (Å²) in [7, 11) is 3.92. The van der Waals surface area contributed by atoms with Gasteiger partial charge < -0.3 is 55.7 Å². The fraction of sp³-hybridized carbons (Fsp3) is 0.593. The SMILES string of the molecule is COc1cc2c3c(O)c(c(C)cc3c1CO)C(=O)C[C@H](CO)SSC[C@H](CCN)[C@H](O)[C@@H]1O[C@H](O2)[C@H](O)[C@@H](O)[C@@H]1O. The maximum Gasteiger partial charge on any atom is 0.229 e. The van der Waals surface area contributed by atoms with Crippen LogP contribution in [0.25, 0.3) is 10.8 Å². The van der Waals surface area contributed by atoms with Gasteiger partial charge in [0.25, 0.3) is 0 Å². The minimum atomic E-state index is -1.76. The van der Waals surface area contributed by atoms with Gasteiger partial charge in [0, 0.05) is 29.1 Å². The van der Waals surface area contributed by atoms with Crippen LogP contribution in [0.2, 0.25) is 0 Å². The van der Waals surface area contributed by atoms with Gasteiger partial charge in [0.2, 0.25) is 6.29 Å². The smallest absolute Gasteiger partial charge is 0.229 e. The average molecular weight is 616 g/mol. The minimum Gasteiger partial charge on any atom is -0.506 e. The molecule has 0 unspecified atom stereocenters. The average Bonchev–Trinajstić information content (AvgIpc) is 2.94. The van der Waals surface area contributed by atoms with Gasteiger partial charge in [-0.2, -0.15) is 0 Å². The number of aliphatic hydroxyl groups excluding tert-OH is 6. The monoisotopic (exact) mass is 615 g/mol. The van der Waals surface area contributed by atoms with Crippen molar-refractivity contribution >= 4 is 38.1 Å². The largest absolute Gasteiger partial charge is 0.506 e. The topological polar surface area (TPSA) is 212 Å². The first-order valence-corrected chi connectivity index (χ1v) is 15.6. The number of hydrogen-bond acceptors (Lipinski definition) is 14. The summed E-state index contributed by atoms with van der Waals surface area (Å²) in [6.45, 7) is 1.05. The van der Waals surface area contributed by atoms with E-state index in [1.54, 1.807) is 13.0 Å². The van der Waals surface area contributed by atoms with Crippen LogP contribution in [0.4, 0.5) is 0 Å². The molecule has 14 heteroatoms. The Bertz CT molecular complexity index is 1250. The van der Waals surface area contributed by atoms with Crippen molar-refractivity contribution in [3.8, 4) is 17.2 Å². The van der Waals surface area contributed by atoms with Crippen molar-refractivity contribution in [1.82, 2.24) is 0 Å².